The molecule has 0 spiro atoms. The highest BCUT2D eigenvalue weighted by Crippen LogP contribution is 2.28. The van der Waals surface area contributed by atoms with Gasteiger partial charge in [-0.3, -0.25) is 9.59 Å². The lowest BCUT2D eigenvalue weighted by Gasteiger charge is -2.11. The first-order valence-corrected chi connectivity index (χ1v) is 13.3. The first-order valence-electron chi connectivity index (χ1n) is 11.5. The van der Waals surface area contributed by atoms with E-state index in [1.165, 1.54) is 17.8 Å². The van der Waals surface area contributed by atoms with Gasteiger partial charge in [-0.2, -0.15) is 0 Å². The van der Waals surface area contributed by atoms with Crippen molar-refractivity contribution in [1.29, 1.82) is 0 Å². The third-order valence-electron chi connectivity index (χ3n) is 5.56. The van der Waals surface area contributed by atoms with Gasteiger partial charge in [-0.15, -0.1) is 10.2 Å². The summed E-state index contributed by atoms with van der Waals surface area (Å²) >= 11 is 4.79. The van der Waals surface area contributed by atoms with Gasteiger partial charge in [0.25, 0.3) is 0 Å². The van der Waals surface area contributed by atoms with Gasteiger partial charge in [0.15, 0.2) is 22.5 Å². The van der Waals surface area contributed by atoms with Crippen molar-refractivity contribution in [2.45, 2.75) is 39.0 Å². The molecule has 0 aliphatic carbocycles. The summed E-state index contributed by atoms with van der Waals surface area (Å²) in [7, 11) is 3.13. The number of anilines is 1. The molecule has 11 heteroatoms. The second-order valence-electron chi connectivity index (χ2n) is 8.06. The fourth-order valence-corrected chi connectivity index (χ4v) is 4.80. The van der Waals surface area contributed by atoms with E-state index in [0.717, 1.165) is 26.9 Å². The number of hydrogen-bond donors (Lipinski definition) is 2. The molecule has 3 aromatic rings. The van der Waals surface area contributed by atoms with Crippen molar-refractivity contribution in [3.8, 4) is 11.5 Å². The Hall–Kier alpha value is -3.31. The van der Waals surface area contributed by atoms with E-state index < -0.39 is 0 Å². The Morgan fingerprint density at radius 3 is 2.51 bits per heavy atom. The molecule has 2 aromatic carbocycles. The number of aromatic nitrogens is 3. The van der Waals surface area contributed by atoms with E-state index in [-0.39, 0.29) is 24.1 Å². The minimum Gasteiger partial charge on any atom is -0.493 e. The smallest absolute Gasteiger partial charge is 0.244 e. The molecule has 0 aliphatic heterocycles. The average molecular weight is 589 g/mol. The minimum absolute atomic E-state index is 0.144. The first kappa shape index (κ1) is 28.3. The van der Waals surface area contributed by atoms with Crippen LogP contribution in [0.3, 0.4) is 0 Å². The zero-order valence-electron chi connectivity index (χ0n) is 21.4. The summed E-state index contributed by atoms with van der Waals surface area (Å²) in [5.41, 5.74) is 3.78. The summed E-state index contributed by atoms with van der Waals surface area (Å²) in [6.45, 7) is 6.79. The van der Waals surface area contributed by atoms with E-state index in [1.807, 2.05) is 43.5 Å². The van der Waals surface area contributed by atoms with Crippen molar-refractivity contribution in [2.24, 2.45) is 0 Å². The fourth-order valence-electron chi connectivity index (χ4n) is 3.42. The van der Waals surface area contributed by atoms with Gasteiger partial charge in [-0.25, -0.2) is 0 Å². The number of nitrogens with one attached hydrogen (secondary N) is 2. The molecule has 2 N–H and O–H groups in total. The maximum absolute atomic E-state index is 12.5. The quantitative estimate of drug-likeness (QED) is 0.246. The van der Waals surface area contributed by atoms with Crippen molar-refractivity contribution < 1.29 is 19.1 Å². The number of carbonyl (C=O) groups is 2. The van der Waals surface area contributed by atoms with Crippen molar-refractivity contribution in [3.63, 3.8) is 0 Å². The van der Waals surface area contributed by atoms with Gasteiger partial charge in [0.2, 0.25) is 11.8 Å². The monoisotopic (exact) mass is 587 g/mol. The predicted molar refractivity (Wildman–Crippen MR) is 149 cm³/mol. The second kappa shape index (κ2) is 13.3. The molecule has 0 saturated heterocycles. The van der Waals surface area contributed by atoms with E-state index in [0.29, 0.717) is 29.0 Å². The number of nitrogens with zero attached hydrogens (tertiary/aromatic N) is 3. The van der Waals surface area contributed by atoms with Gasteiger partial charge >= 0.3 is 0 Å². The largest absolute Gasteiger partial charge is 0.493 e. The van der Waals surface area contributed by atoms with Gasteiger partial charge in [0.05, 0.1) is 32.2 Å². The molecule has 9 nitrogen and oxygen atoms in total. The summed E-state index contributed by atoms with van der Waals surface area (Å²) in [6.07, 6.45) is 3.13. The Bertz CT molecular complexity index is 1310. The van der Waals surface area contributed by atoms with E-state index >= 15 is 0 Å². The van der Waals surface area contributed by atoms with Crippen LogP contribution in [0.2, 0.25) is 0 Å². The number of ether oxygens (including phenoxy) is 2. The van der Waals surface area contributed by atoms with Crippen LogP contribution in [0.1, 0.15) is 29.4 Å². The lowest BCUT2D eigenvalue weighted by Crippen LogP contribution is -2.22. The van der Waals surface area contributed by atoms with E-state index in [1.54, 1.807) is 32.4 Å². The van der Waals surface area contributed by atoms with Crippen LogP contribution in [-0.2, 0) is 22.7 Å². The van der Waals surface area contributed by atoms with Crippen LogP contribution in [0.15, 0.2) is 46.0 Å². The van der Waals surface area contributed by atoms with Crippen molar-refractivity contribution in [1.82, 2.24) is 20.1 Å². The highest BCUT2D eigenvalue weighted by molar-refractivity contribution is 9.10. The second-order valence-corrected chi connectivity index (χ2v) is 9.86. The van der Waals surface area contributed by atoms with Gasteiger partial charge in [0.1, 0.15) is 0 Å². The Labute approximate surface area is 229 Å². The summed E-state index contributed by atoms with van der Waals surface area (Å²) in [6, 6.07) is 9.32. The molecule has 0 saturated carbocycles. The molecule has 0 unspecified atom stereocenters. The lowest BCUT2D eigenvalue weighted by molar-refractivity contribution is -0.116. The highest BCUT2D eigenvalue weighted by Gasteiger charge is 2.15. The molecule has 3 rings (SSSR count). The van der Waals surface area contributed by atoms with E-state index in [4.69, 9.17) is 9.47 Å². The van der Waals surface area contributed by atoms with E-state index in [9.17, 15) is 9.59 Å². The number of thioether (sulfide) groups is 1. The average Bonchev–Trinajstić information content (AvgIpc) is 3.29. The van der Waals surface area contributed by atoms with E-state index in [2.05, 4.69) is 36.8 Å². The number of amides is 2. The standard InChI is InChI=1S/C26H30BrN5O4S/c1-6-32-23(14-28-24(33)10-8-18-7-9-21(35-4)22(13-18)36-5)30-31-26(32)37-15-25(34)29-20-12-17(3)16(2)11-19(20)27/h7-13H,6,14-15H2,1-5H3,(H,28,33)(H,29,34)/b10-8+. The van der Waals surface area contributed by atoms with Crippen molar-refractivity contribution in [3.05, 3.63) is 63.4 Å². The number of aryl methyl sites for hydroxylation is 2. The molecule has 1 heterocycles. The Kier molecular flexibility index (Phi) is 10.2. The molecule has 0 aliphatic rings. The summed E-state index contributed by atoms with van der Waals surface area (Å²) in [5, 5.41) is 14.8. The number of rotatable bonds is 11. The number of halogens is 1. The zero-order valence-corrected chi connectivity index (χ0v) is 23.8. The normalized spacial score (nSPS) is 11.0. The maximum Gasteiger partial charge on any atom is 0.244 e. The highest BCUT2D eigenvalue weighted by atomic mass is 79.9. The Morgan fingerprint density at radius 2 is 1.81 bits per heavy atom. The minimum atomic E-state index is -0.270. The number of benzene rings is 2. The van der Waals surface area contributed by atoms with Gasteiger partial charge in [0, 0.05) is 17.1 Å². The molecule has 196 valence electrons. The summed E-state index contributed by atoms with van der Waals surface area (Å²) in [5.74, 6) is 1.57. The number of hydrogen-bond acceptors (Lipinski definition) is 7. The molecular formula is C26H30BrN5O4S. The molecule has 1 aromatic heterocycles. The van der Waals surface area contributed by atoms with Crippen LogP contribution >= 0.6 is 27.7 Å². The fraction of sp³-hybridized carbons (Fsp3) is 0.308. The molecule has 0 bridgehead atoms. The lowest BCUT2D eigenvalue weighted by atomic mass is 10.1. The maximum atomic E-state index is 12.5. The predicted octanol–water partition coefficient (Wildman–Crippen LogP) is 4.75. The van der Waals surface area contributed by atoms with Crippen molar-refractivity contribution >= 4 is 51.3 Å². The number of carbonyl (C=O) groups excluding carboxylic acids is 2. The third kappa shape index (κ3) is 7.59. The van der Waals surface area contributed by atoms with Crippen LogP contribution in [0.5, 0.6) is 11.5 Å². The third-order valence-corrected chi connectivity index (χ3v) is 7.18. The SMILES string of the molecule is CCn1c(CNC(=O)/C=C/c2ccc(OC)c(OC)c2)nnc1SCC(=O)Nc1cc(C)c(C)cc1Br. The summed E-state index contributed by atoms with van der Waals surface area (Å²) in [4.78, 5) is 24.9. The first-order chi connectivity index (χ1) is 17.7. The van der Waals surface area contributed by atoms with Crippen molar-refractivity contribution in [2.75, 3.05) is 25.3 Å². The molecular weight excluding hydrogens is 558 g/mol. The molecule has 0 atom stereocenters. The zero-order chi connectivity index (χ0) is 26.9. The number of methoxy groups -OCH3 is 2. The van der Waals surface area contributed by atoms with Crippen LogP contribution in [0, 0.1) is 13.8 Å². The van der Waals surface area contributed by atoms with Gasteiger partial charge in [-0.1, -0.05) is 17.8 Å². The molecule has 0 fully saturated rings. The van der Waals surface area contributed by atoms with Crippen LogP contribution in [0.4, 0.5) is 5.69 Å². The Morgan fingerprint density at radius 1 is 1.08 bits per heavy atom. The molecule has 2 amide bonds. The Balaban J connectivity index is 1.55. The van der Waals surface area contributed by atoms with Gasteiger partial charge < -0.3 is 24.7 Å². The van der Waals surface area contributed by atoms with Crippen LogP contribution in [-0.4, -0.2) is 46.6 Å². The van der Waals surface area contributed by atoms with Gasteiger partial charge in [-0.05, 0) is 83.7 Å². The molecule has 0 radical (unpaired) electrons. The topological polar surface area (TPSA) is 107 Å². The molecule has 37 heavy (non-hydrogen) atoms. The van der Waals surface area contributed by atoms with Crippen LogP contribution in [0.25, 0.3) is 6.08 Å². The van der Waals surface area contributed by atoms with Crippen LogP contribution < -0.4 is 20.1 Å². The summed E-state index contributed by atoms with van der Waals surface area (Å²) < 4.78 is 13.2.